The Balaban J connectivity index is 3.11. The van der Waals surface area contributed by atoms with Crippen LogP contribution in [0.5, 0.6) is 0 Å². The van der Waals surface area contributed by atoms with E-state index in [9.17, 15) is 0 Å². The maximum absolute atomic E-state index is 3.55. The Morgan fingerprint density at radius 3 is 2.20 bits per heavy atom. The lowest BCUT2D eigenvalue weighted by molar-refractivity contribution is 0.543. The fraction of sp³-hybridized carbons (Fsp3) is 1.00. The summed E-state index contributed by atoms with van der Waals surface area (Å²) in [5.74, 6) is 0. The van der Waals surface area contributed by atoms with E-state index in [0.29, 0.717) is 4.75 Å². The van der Waals surface area contributed by atoms with Crippen LogP contribution >= 0.6 is 11.8 Å². The van der Waals surface area contributed by atoms with Gasteiger partial charge in [0.25, 0.3) is 0 Å². The fourth-order valence-corrected chi connectivity index (χ4v) is 1.74. The molecule has 0 aromatic heterocycles. The molecule has 0 saturated heterocycles. The van der Waals surface area contributed by atoms with Crippen molar-refractivity contribution >= 4 is 11.8 Å². The first-order chi connectivity index (χ1) is 7.12. The van der Waals surface area contributed by atoms with Crippen LogP contribution in [0.15, 0.2) is 0 Å². The number of hydrogen-bond acceptors (Lipinski definition) is 2. The maximum atomic E-state index is 3.55. The molecule has 0 atom stereocenters. The van der Waals surface area contributed by atoms with Crippen LogP contribution in [0.1, 0.15) is 59.3 Å². The Morgan fingerprint density at radius 1 is 1.00 bits per heavy atom. The number of unbranched alkanes of at least 4 members (excludes halogenated alkanes) is 5. The average molecular weight is 231 g/mol. The predicted octanol–water partition coefficient (Wildman–Crippen LogP) is 4.08. The van der Waals surface area contributed by atoms with Crippen molar-refractivity contribution in [2.75, 3.05) is 19.3 Å². The zero-order valence-corrected chi connectivity index (χ0v) is 11.9. The molecule has 1 nitrogen and oxygen atoms in total. The van der Waals surface area contributed by atoms with Crippen molar-refractivity contribution in [3.8, 4) is 0 Å². The van der Waals surface area contributed by atoms with Gasteiger partial charge in [-0.05, 0) is 33.1 Å². The Labute approximate surface area is 101 Å². The van der Waals surface area contributed by atoms with Crippen LogP contribution in [0.3, 0.4) is 0 Å². The number of hydrogen-bond donors (Lipinski definition) is 1. The van der Waals surface area contributed by atoms with Crippen LogP contribution in [0, 0.1) is 0 Å². The molecule has 0 aromatic carbocycles. The SMILES string of the molecule is CCCCCCCCNCC(C)(C)SC. The van der Waals surface area contributed by atoms with E-state index in [1.54, 1.807) is 0 Å². The summed E-state index contributed by atoms with van der Waals surface area (Å²) < 4.78 is 0.391. The van der Waals surface area contributed by atoms with Crippen LogP contribution in [0.2, 0.25) is 0 Å². The highest BCUT2D eigenvalue weighted by atomic mass is 32.2. The van der Waals surface area contributed by atoms with Gasteiger partial charge in [-0.3, -0.25) is 0 Å². The van der Waals surface area contributed by atoms with E-state index in [4.69, 9.17) is 0 Å². The lowest BCUT2D eigenvalue weighted by Crippen LogP contribution is -2.32. The summed E-state index contributed by atoms with van der Waals surface area (Å²) in [6.45, 7) is 9.18. The molecule has 0 fully saturated rings. The van der Waals surface area contributed by atoms with E-state index < -0.39 is 0 Å². The largest absolute Gasteiger partial charge is 0.315 e. The summed E-state index contributed by atoms with van der Waals surface area (Å²) in [7, 11) is 0. The smallest absolute Gasteiger partial charge is 0.0225 e. The molecule has 92 valence electrons. The zero-order valence-electron chi connectivity index (χ0n) is 11.1. The van der Waals surface area contributed by atoms with Gasteiger partial charge in [-0.1, -0.05) is 39.0 Å². The molecule has 0 bridgehead atoms. The Bertz CT molecular complexity index is 134. The van der Waals surface area contributed by atoms with Crippen LogP contribution in [0.4, 0.5) is 0 Å². The molecular weight excluding hydrogens is 202 g/mol. The first-order valence-electron chi connectivity index (χ1n) is 6.38. The molecule has 0 spiro atoms. The Hall–Kier alpha value is 0.310. The second-order valence-electron chi connectivity index (χ2n) is 4.91. The molecule has 2 heteroatoms. The Kier molecular flexibility index (Phi) is 9.73. The van der Waals surface area contributed by atoms with E-state index in [-0.39, 0.29) is 0 Å². The summed E-state index contributed by atoms with van der Waals surface area (Å²) in [6.07, 6.45) is 10.5. The molecule has 0 rings (SSSR count). The van der Waals surface area contributed by atoms with Gasteiger partial charge in [0, 0.05) is 11.3 Å². The molecular formula is C13H29NS. The average Bonchev–Trinajstić information content (AvgIpc) is 2.22. The van der Waals surface area contributed by atoms with Gasteiger partial charge in [0.1, 0.15) is 0 Å². The number of nitrogens with one attached hydrogen (secondary N) is 1. The molecule has 0 aliphatic rings. The summed E-state index contributed by atoms with van der Waals surface area (Å²) in [4.78, 5) is 0. The molecule has 0 aliphatic heterocycles. The minimum Gasteiger partial charge on any atom is -0.315 e. The van der Waals surface area contributed by atoms with E-state index in [1.165, 1.54) is 45.1 Å². The van der Waals surface area contributed by atoms with Crippen molar-refractivity contribution < 1.29 is 0 Å². The summed E-state index contributed by atoms with van der Waals surface area (Å²) in [5, 5.41) is 3.55. The molecule has 0 aliphatic carbocycles. The molecule has 0 unspecified atom stereocenters. The van der Waals surface area contributed by atoms with Gasteiger partial charge in [-0.15, -0.1) is 0 Å². The number of rotatable bonds is 10. The quantitative estimate of drug-likeness (QED) is 0.569. The third kappa shape index (κ3) is 10.6. The van der Waals surface area contributed by atoms with E-state index >= 15 is 0 Å². The molecule has 0 aromatic rings. The topological polar surface area (TPSA) is 12.0 Å². The predicted molar refractivity (Wildman–Crippen MR) is 73.8 cm³/mol. The minimum atomic E-state index is 0.391. The fourth-order valence-electron chi connectivity index (χ4n) is 1.49. The van der Waals surface area contributed by atoms with Crippen molar-refractivity contribution in [2.45, 2.75) is 64.0 Å². The van der Waals surface area contributed by atoms with Crippen molar-refractivity contribution in [3.05, 3.63) is 0 Å². The lowest BCUT2D eigenvalue weighted by Gasteiger charge is -2.22. The van der Waals surface area contributed by atoms with Gasteiger partial charge >= 0.3 is 0 Å². The second kappa shape index (κ2) is 9.53. The highest BCUT2D eigenvalue weighted by molar-refractivity contribution is 7.99. The van der Waals surface area contributed by atoms with Crippen molar-refractivity contribution in [2.24, 2.45) is 0 Å². The summed E-state index contributed by atoms with van der Waals surface area (Å²) in [5.41, 5.74) is 0. The van der Waals surface area contributed by atoms with Gasteiger partial charge in [-0.25, -0.2) is 0 Å². The van der Waals surface area contributed by atoms with Gasteiger partial charge in [0.15, 0.2) is 0 Å². The van der Waals surface area contributed by atoms with Crippen molar-refractivity contribution in [3.63, 3.8) is 0 Å². The van der Waals surface area contributed by atoms with Crippen LogP contribution < -0.4 is 5.32 Å². The molecule has 1 N–H and O–H groups in total. The van der Waals surface area contributed by atoms with E-state index in [1.807, 2.05) is 11.8 Å². The molecule has 0 heterocycles. The standard InChI is InChI=1S/C13H29NS/c1-5-6-7-8-9-10-11-14-12-13(2,3)15-4/h14H,5-12H2,1-4H3. The highest BCUT2D eigenvalue weighted by Gasteiger charge is 2.14. The third-order valence-electron chi connectivity index (χ3n) is 2.81. The summed E-state index contributed by atoms with van der Waals surface area (Å²) >= 11 is 1.94. The molecule has 15 heavy (non-hydrogen) atoms. The molecule has 0 saturated carbocycles. The highest BCUT2D eigenvalue weighted by Crippen LogP contribution is 2.19. The number of thioether (sulfide) groups is 1. The third-order valence-corrected chi connectivity index (χ3v) is 4.06. The second-order valence-corrected chi connectivity index (χ2v) is 6.42. The van der Waals surface area contributed by atoms with Gasteiger partial charge in [-0.2, -0.15) is 11.8 Å². The zero-order chi connectivity index (χ0) is 11.6. The monoisotopic (exact) mass is 231 g/mol. The van der Waals surface area contributed by atoms with Crippen LogP contribution in [0.25, 0.3) is 0 Å². The Morgan fingerprint density at radius 2 is 1.60 bits per heavy atom. The molecule has 0 radical (unpaired) electrons. The van der Waals surface area contributed by atoms with Gasteiger partial charge in [0.2, 0.25) is 0 Å². The van der Waals surface area contributed by atoms with Crippen LogP contribution in [-0.2, 0) is 0 Å². The minimum absolute atomic E-state index is 0.391. The van der Waals surface area contributed by atoms with Crippen molar-refractivity contribution in [1.82, 2.24) is 5.32 Å². The van der Waals surface area contributed by atoms with E-state index in [2.05, 4.69) is 32.3 Å². The van der Waals surface area contributed by atoms with Gasteiger partial charge in [0.05, 0.1) is 0 Å². The first kappa shape index (κ1) is 15.3. The summed E-state index contributed by atoms with van der Waals surface area (Å²) in [6, 6.07) is 0. The van der Waals surface area contributed by atoms with Crippen molar-refractivity contribution in [1.29, 1.82) is 0 Å². The normalized spacial score (nSPS) is 12.0. The van der Waals surface area contributed by atoms with Crippen LogP contribution in [-0.4, -0.2) is 24.1 Å². The van der Waals surface area contributed by atoms with Gasteiger partial charge < -0.3 is 5.32 Å². The lowest BCUT2D eigenvalue weighted by atomic mass is 10.1. The first-order valence-corrected chi connectivity index (χ1v) is 7.60. The van der Waals surface area contributed by atoms with E-state index in [0.717, 1.165) is 6.54 Å². The molecule has 0 amide bonds. The maximum Gasteiger partial charge on any atom is 0.0225 e.